The third kappa shape index (κ3) is 2.12. The number of ether oxygens (including phenoxy) is 2. The van der Waals surface area contributed by atoms with E-state index in [1.54, 1.807) is 0 Å². The normalized spacial score (nSPS) is 22.4. The number of nitrogens with zero attached hydrogens (tertiary/aromatic N) is 2. The zero-order valence-electron chi connectivity index (χ0n) is 11.9. The van der Waals surface area contributed by atoms with Gasteiger partial charge in [-0.2, -0.15) is 0 Å². The lowest BCUT2D eigenvalue weighted by Crippen LogP contribution is -2.46. The minimum atomic E-state index is 0.774. The van der Waals surface area contributed by atoms with Gasteiger partial charge in [0.25, 0.3) is 0 Å². The molecule has 4 nitrogen and oxygen atoms in total. The lowest BCUT2D eigenvalue weighted by Gasteiger charge is -2.43. The summed E-state index contributed by atoms with van der Waals surface area (Å²) in [6.45, 7) is 7.12. The van der Waals surface area contributed by atoms with Crippen molar-refractivity contribution < 1.29 is 9.47 Å². The van der Waals surface area contributed by atoms with Crippen LogP contribution in [0.5, 0.6) is 5.75 Å². The molecule has 20 heavy (non-hydrogen) atoms. The van der Waals surface area contributed by atoms with Crippen molar-refractivity contribution in [2.24, 2.45) is 5.92 Å². The smallest absolute Gasteiger partial charge is 0.144 e. The number of hydrogen-bond acceptors (Lipinski definition) is 4. The van der Waals surface area contributed by atoms with Crippen LogP contribution in [0, 0.1) is 5.92 Å². The second-order valence-electron chi connectivity index (χ2n) is 5.96. The van der Waals surface area contributed by atoms with E-state index in [1.165, 1.54) is 24.2 Å². The molecule has 1 aromatic carbocycles. The molecule has 1 aromatic rings. The molecular weight excluding hydrogens is 252 g/mol. The Morgan fingerprint density at radius 1 is 1.05 bits per heavy atom. The van der Waals surface area contributed by atoms with Gasteiger partial charge in [-0.05, 0) is 30.9 Å². The fourth-order valence-electron chi connectivity index (χ4n) is 3.59. The molecule has 4 rings (SSSR count). The number of para-hydroxylation sites is 1. The van der Waals surface area contributed by atoms with Gasteiger partial charge in [-0.25, -0.2) is 0 Å². The molecule has 108 valence electrons. The third-order valence-corrected chi connectivity index (χ3v) is 4.71. The van der Waals surface area contributed by atoms with Crippen LogP contribution in [-0.4, -0.2) is 46.0 Å². The van der Waals surface area contributed by atoms with Gasteiger partial charge in [-0.15, -0.1) is 0 Å². The van der Waals surface area contributed by atoms with Crippen LogP contribution in [0.3, 0.4) is 0 Å². The Morgan fingerprint density at radius 2 is 1.95 bits per heavy atom. The van der Waals surface area contributed by atoms with Gasteiger partial charge in [0.05, 0.1) is 12.2 Å². The number of benzene rings is 1. The first-order valence-electron chi connectivity index (χ1n) is 7.75. The van der Waals surface area contributed by atoms with E-state index >= 15 is 0 Å². The highest BCUT2D eigenvalue weighted by atomic mass is 16.5. The maximum absolute atomic E-state index is 5.82. The molecule has 3 aliphatic heterocycles. The molecule has 3 aliphatic rings. The molecule has 0 amide bonds. The van der Waals surface area contributed by atoms with Crippen LogP contribution in [0.2, 0.25) is 0 Å². The van der Waals surface area contributed by atoms with E-state index in [1.807, 2.05) is 0 Å². The largest absolute Gasteiger partial charge is 0.489 e. The molecule has 0 bridgehead atoms. The van der Waals surface area contributed by atoms with Crippen molar-refractivity contribution in [3.05, 3.63) is 18.2 Å². The summed E-state index contributed by atoms with van der Waals surface area (Å²) in [6, 6.07) is 6.47. The van der Waals surface area contributed by atoms with Gasteiger partial charge >= 0.3 is 0 Å². The molecule has 3 heterocycles. The second kappa shape index (κ2) is 5.17. The van der Waals surface area contributed by atoms with Crippen molar-refractivity contribution in [2.45, 2.75) is 12.8 Å². The van der Waals surface area contributed by atoms with Crippen molar-refractivity contribution >= 4 is 11.4 Å². The fourth-order valence-corrected chi connectivity index (χ4v) is 3.59. The van der Waals surface area contributed by atoms with E-state index in [4.69, 9.17) is 9.47 Å². The molecule has 0 unspecified atom stereocenters. The van der Waals surface area contributed by atoms with Crippen molar-refractivity contribution in [3.8, 4) is 5.75 Å². The highest BCUT2D eigenvalue weighted by Crippen LogP contribution is 2.42. The first-order valence-corrected chi connectivity index (χ1v) is 7.75. The average molecular weight is 274 g/mol. The maximum atomic E-state index is 5.82. The van der Waals surface area contributed by atoms with Gasteiger partial charge in [-0.1, -0.05) is 6.07 Å². The molecule has 0 radical (unpaired) electrons. The highest BCUT2D eigenvalue weighted by molar-refractivity contribution is 5.80. The lowest BCUT2D eigenvalue weighted by atomic mass is 9.98. The highest BCUT2D eigenvalue weighted by Gasteiger charge is 2.29. The van der Waals surface area contributed by atoms with Gasteiger partial charge in [0, 0.05) is 32.8 Å². The summed E-state index contributed by atoms with van der Waals surface area (Å²) in [5.74, 6) is 1.83. The molecule has 0 N–H and O–H groups in total. The van der Waals surface area contributed by atoms with E-state index in [2.05, 4.69) is 28.0 Å². The predicted molar refractivity (Wildman–Crippen MR) is 79.9 cm³/mol. The standard InChI is InChI=1S/C16H22N2O2/c1-2-14-16-15(3-1)20-11-8-17(16)6-7-18(14)12-13-4-9-19-10-5-13/h1-3,13H,4-12H2. The zero-order valence-corrected chi connectivity index (χ0v) is 11.9. The topological polar surface area (TPSA) is 24.9 Å². The Hall–Kier alpha value is -1.42. The first-order chi connectivity index (χ1) is 9.92. The average Bonchev–Trinajstić information content (AvgIpc) is 2.51. The summed E-state index contributed by atoms with van der Waals surface area (Å²) in [4.78, 5) is 5.04. The molecule has 0 spiro atoms. The van der Waals surface area contributed by atoms with Crippen molar-refractivity contribution in [1.82, 2.24) is 0 Å². The van der Waals surface area contributed by atoms with Gasteiger partial charge < -0.3 is 19.3 Å². The van der Waals surface area contributed by atoms with E-state index in [0.29, 0.717) is 0 Å². The van der Waals surface area contributed by atoms with Crippen LogP contribution in [0.1, 0.15) is 12.8 Å². The van der Waals surface area contributed by atoms with Gasteiger partial charge in [-0.3, -0.25) is 0 Å². The second-order valence-corrected chi connectivity index (χ2v) is 5.96. The van der Waals surface area contributed by atoms with Crippen LogP contribution in [0.4, 0.5) is 11.4 Å². The molecule has 4 heteroatoms. The van der Waals surface area contributed by atoms with Crippen LogP contribution in [0.15, 0.2) is 18.2 Å². The predicted octanol–water partition coefficient (Wildman–Crippen LogP) is 2.13. The Bertz CT molecular complexity index is 485. The molecule has 1 fully saturated rings. The quantitative estimate of drug-likeness (QED) is 0.825. The summed E-state index contributed by atoms with van der Waals surface area (Å²) < 4.78 is 11.3. The SMILES string of the molecule is c1cc2c3c(c1)N(CC1CCOCC1)CCN3CCO2. The van der Waals surface area contributed by atoms with E-state index in [9.17, 15) is 0 Å². The van der Waals surface area contributed by atoms with Crippen molar-refractivity contribution in [1.29, 1.82) is 0 Å². The van der Waals surface area contributed by atoms with Crippen molar-refractivity contribution in [3.63, 3.8) is 0 Å². The van der Waals surface area contributed by atoms with Gasteiger partial charge in [0.1, 0.15) is 18.0 Å². The summed E-state index contributed by atoms with van der Waals surface area (Å²) in [5.41, 5.74) is 2.68. The summed E-state index contributed by atoms with van der Waals surface area (Å²) in [5, 5.41) is 0. The Kier molecular flexibility index (Phi) is 3.19. The first kappa shape index (κ1) is 12.3. The lowest BCUT2D eigenvalue weighted by molar-refractivity contribution is 0.0682. The van der Waals surface area contributed by atoms with Crippen LogP contribution in [-0.2, 0) is 4.74 Å². The summed E-state index contributed by atoms with van der Waals surface area (Å²) >= 11 is 0. The minimum absolute atomic E-state index is 0.774. The molecule has 0 aliphatic carbocycles. The van der Waals surface area contributed by atoms with Crippen LogP contribution in [0.25, 0.3) is 0 Å². The minimum Gasteiger partial charge on any atom is -0.489 e. The third-order valence-electron chi connectivity index (χ3n) is 4.71. The molecular formula is C16H22N2O2. The van der Waals surface area contributed by atoms with E-state index < -0.39 is 0 Å². The Balaban J connectivity index is 1.59. The Morgan fingerprint density at radius 3 is 2.85 bits per heavy atom. The fraction of sp³-hybridized carbons (Fsp3) is 0.625. The van der Waals surface area contributed by atoms with Crippen molar-refractivity contribution in [2.75, 3.05) is 55.8 Å². The monoisotopic (exact) mass is 274 g/mol. The maximum Gasteiger partial charge on any atom is 0.144 e. The Labute approximate surface area is 120 Å². The number of rotatable bonds is 2. The van der Waals surface area contributed by atoms with E-state index in [0.717, 1.165) is 57.7 Å². The molecule has 1 saturated heterocycles. The molecule has 0 saturated carbocycles. The van der Waals surface area contributed by atoms with Crippen LogP contribution < -0.4 is 14.5 Å². The summed E-state index contributed by atoms with van der Waals surface area (Å²) in [6.07, 6.45) is 2.40. The summed E-state index contributed by atoms with van der Waals surface area (Å²) in [7, 11) is 0. The zero-order chi connectivity index (χ0) is 13.4. The number of hydrogen-bond donors (Lipinski definition) is 0. The van der Waals surface area contributed by atoms with Gasteiger partial charge in [0.15, 0.2) is 0 Å². The molecule has 0 atom stereocenters. The van der Waals surface area contributed by atoms with E-state index in [-0.39, 0.29) is 0 Å². The molecule has 0 aromatic heterocycles. The number of anilines is 2. The van der Waals surface area contributed by atoms with Crippen LogP contribution >= 0.6 is 0 Å². The van der Waals surface area contributed by atoms with Gasteiger partial charge in [0.2, 0.25) is 0 Å².